The van der Waals surface area contributed by atoms with E-state index in [0.717, 1.165) is 19.0 Å². The first-order valence-electron chi connectivity index (χ1n) is 7.95. The molecule has 1 aromatic carbocycles. The van der Waals surface area contributed by atoms with E-state index in [1.165, 1.54) is 31.9 Å². The molecule has 5 nitrogen and oxygen atoms in total. The minimum absolute atomic E-state index is 0.231. The van der Waals surface area contributed by atoms with Crippen molar-refractivity contribution in [1.82, 2.24) is 15.5 Å². The van der Waals surface area contributed by atoms with Crippen molar-refractivity contribution in [2.75, 3.05) is 20.1 Å². The number of carbonyl (C=O) groups excluding carboxylic acids is 2. The van der Waals surface area contributed by atoms with Crippen LogP contribution in [0.15, 0.2) is 30.3 Å². The van der Waals surface area contributed by atoms with Crippen LogP contribution in [0.4, 0.5) is 4.79 Å². The molecule has 0 saturated heterocycles. The molecule has 0 unspecified atom stereocenters. The molecule has 1 aromatic rings. The largest absolute Gasteiger partial charge is 0.341 e. The fourth-order valence-corrected chi connectivity index (χ4v) is 2.63. The summed E-state index contributed by atoms with van der Waals surface area (Å²) in [6.07, 6.45) is 4.24. The predicted octanol–water partition coefficient (Wildman–Crippen LogP) is 2.13. The van der Waals surface area contributed by atoms with Gasteiger partial charge in [0.15, 0.2) is 0 Å². The number of hydrogen-bond donors (Lipinski definition) is 2. The summed E-state index contributed by atoms with van der Waals surface area (Å²) in [5.41, 5.74) is 1.26. The minimum Gasteiger partial charge on any atom is -0.341 e. The Morgan fingerprint density at radius 2 is 1.95 bits per heavy atom. The molecule has 22 heavy (non-hydrogen) atoms. The van der Waals surface area contributed by atoms with E-state index in [2.05, 4.69) is 27.7 Å². The second-order valence-corrected chi connectivity index (χ2v) is 5.89. The number of benzene rings is 1. The van der Waals surface area contributed by atoms with Crippen LogP contribution in [0, 0.1) is 5.92 Å². The molecule has 1 fully saturated rings. The predicted molar refractivity (Wildman–Crippen MR) is 86.3 cm³/mol. The van der Waals surface area contributed by atoms with Gasteiger partial charge in [0.1, 0.15) is 0 Å². The van der Waals surface area contributed by atoms with E-state index in [4.69, 9.17) is 0 Å². The van der Waals surface area contributed by atoms with Gasteiger partial charge in [-0.3, -0.25) is 15.0 Å². The molecule has 1 saturated carbocycles. The summed E-state index contributed by atoms with van der Waals surface area (Å²) in [7, 11) is 1.50. The van der Waals surface area contributed by atoms with Gasteiger partial charge in [-0.15, -0.1) is 0 Å². The van der Waals surface area contributed by atoms with E-state index in [-0.39, 0.29) is 5.91 Å². The number of imide groups is 1. The van der Waals surface area contributed by atoms with Crippen LogP contribution in [0.3, 0.4) is 0 Å². The summed E-state index contributed by atoms with van der Waals surface area (Å²) >= 11 is 0. The fourth-order valence-electron chi connectivity index (χ4n) is 2.63. The maximum absolute atomic E-state index is 11.7. The lowest BCUT2D eigenvalue weighted by Crippen LogP contribution is -2.40. The Bertz CT molecular complexity index is 486. The molecule has 0 radical (unpaired) electrons. The molecular weight excluding hydrogens is 278 g/mol. The van der Waals surface area contributed by atoms with Crippen molar-refractivity contribution in [3.05, 3.63) is 35.9 Å². The van der Waals surface area contributed by atoms with E-state index < -0.39 is 6.03 Å². The lowest BCUT2D eigenvalue weighted by Gasteiger charge is -2.32. The van der Waals surface area contributed by atoms with Gasteiger partial charge in [0, 0.05) is 33.1 Å². The van der Waals surface area contributed by atoms with Gasteiger partial charge in [-0.1, -0.05) is 36.8 Å². The highest BCUT2D eigenvalue weighted by Crippen LogP contribution is 2.27. The van der Waals surface area contributed by atoms with Gasteiger partial charge in [0.2, 0.25) is 5.91 Å². The van der Waals surface area contributed by atoms with Crippen LogP contribution in [-0.4, -0.2) is 37.0 Å². The lowest BCUT2D eigenvalue weighted by atomic mass is 9.85. The molecule has 5 heteroatoms. The van der Waals surface area contributed by atoms with E-state index in [0.29, 0.717) is 13.0 Å². The van der Waals surface area contributed by atoms with Gasteiger partial charge in [0.25, 0.3) is 0 Å². The number of nitrogens with zero attached hydrogens (tertiary/aromatic N) is 1. The molecule has 1 aliphatic rings. The number of carbonyl (C=O) groups is 2. The molecule has 2 N–H and O–H groups in total. The van der Waals surface area contributed by atoms with Crippen LogP contribution in [-0.2, 0) is 11.3 Å². The summed E-state index contributed by atoms with van der Waals surface area (Å²) in [6.45, 7) is 2.56. The van der Waals surface area contributed by atoms with Crippen LogP contribution in [0.2, 0.25) is 0 Å². The van der Waals surface area contributed by atoms with Gasteiger partial charge < -0.3 is 5.32 Å². The third kappa shape index (κ3) is 5.48. The Labute approximate surface area is 132 Å². The van der Waals surface area contributed by atoms with E-state index in [1.807, 2.05) is 18.2 Å². The normalized spacial score (nSPS) is 14.5. The van der Waals surface area contributed by atoms with Gasteiger partial charge in [-0.2, -0.15) is 0 Å². The number of nitrogens with one attached hydrogen (secondary N) is 2. The molecule has 0 atom stereocenters. The van der Waals surface area contributed by atoms with Crippen molar-refractivity contribution < 1.29 is 9.59 Å². The van der Waals surface area contributed by atoms with E-state index in [9.17, 15) is 9.59 Å². The molecule has 120 valence electrons. The van der Waals surface area contributed by atoms with Crippen LogP contribution >= 0.6 is 0 Å². The van der Waals surface area contributed by atoms with Gasteiger partial charge in [-0.05, 0) is 24.3 Å². The first-order chi connectivity index (χ1) is 10.7. The monoisotopic (exact) mass is 303 g/mol. The third-order valence-electron chi connectivity index (χ3n) is 4.13. The Hall–Kier alpha value is -1.88. The second kappa shape index (κ2) is 8.54. The fraction of sp³-hybridized carbons (Fsp3) is 0.529. The maximum Gasteiger partial charge on any atom is 0.321 e. The number of hydrogen-bond acceptors (Lipinski definition) is 3. The Balaban J connectivity index is 1.84. The Morgan fingerprint density at radius 3 is 2.55 bits per heavy atom. The van der Waals surface area contributed by atoms with Crippen LogP contribution in [0.1, 0.15) is 31.2 Å². The highest BCUT2D eigenvalue weighted by molar-refractivity contribution is 5.94. The molecule has 0 aromatic heterocycles. The van der Waals surface area contributed by atoms with Crippen molar-refractivity contribution in [3.8, 4) is 0 Å². The molecule has 3 amide bonds. The first kappa shape index (κ1) is 16.5. The molecule has 1 aliphatic carbocycles. The highest BCUT2D eigenvalue weighted by atomic mass is 16.2. The van der Waals surface area contributed by atoms with Crippen molar-refractivity contribution in [1.29, 1.82) is 0 Å². The van der Waals surface area contributed by atoms with Crippen LogP contribution in [0.5, 0.6) is 0 Å². The topological polar surface area (TPSA) is 61.4 Å². The molecule has 0 heterocycles. The number of amides is 3. The number of urea groups is 1. The zero-order valence-corrected chi connectivity index (χ0v) is 13.2. The molecule has 0 spiro atoms. The molecule has 2 rings (SSSR count). The summed E-state index contributed by atoms with van der Waals surface area (Å²) in [6, 6.07) is 9.86. The van der Waals surface area contributed by atoms with Gasteiger partial charge in [-0.25, -0.2) is 4.79 Å². The quantitative estimate of drug-likeness (QED) is 0.811. The zero-order chi connectivity index (χ0) is 15.8. The summed E-state index contributed by atoms with van der Waals surface area (Å²) in [5, 5.41) is 4.70. The van der Waals surface area contributed by atoms with Crippen molar-refractivity contribution in [2.24, 2.45) is 5.92 Å². The Morgan fingerprint density at radius 1 is 1.23 bits per heavy atom. The molecule has 0 bridgehead atoms. The lowest BCUT2D eigenvalue weighted by molar-refractivity contribution is -0.120. The van der Waals surface area contributed by atoms with E-state index >= 15 is 0 Å². The minimum atomic E-state index is -0.446. The number of rotatable bonds is 7. The average Bonchev–Trinajstić information content (AvgIpc) is 2.49. The standard InChI is InChI=1S/C17H25N3O2/c1-18-17(22)19-16(21)10-11-20(13-15-8-5-9-15)12-14-6-3-2-4-7-14/h2-4,6-7,15H,5,8-13H2,1H3,(H2,18,19,21,22). The summed E-state index contributed by atoms with van der Waals surface area (Å²) in [5.74, 6) is 0.525. The SMILES string of the molecule is CNC(=O)NC(=O)CCN(Cc1ccccc1)CC1CCC1. The average molecular weight is 303 g/mol. The third-order valence-corrected chi connectivity index (χ3v) is 4.13. The summed E-state index contributed by atoms with van der Waals surface area (Å²) < 4.78 is 0. The Kier molecular flexibility index (Phi) is 6.40. The smallest absolute Gasteiger partial charge is 0.321 e. The highest BCUT2D eigenvalue weighted by Gasteiger charge is 2.21. The van der Waals surface area contributed by atoms with Gasteiger partial charge >= 0.3 is 6.03 Å². The first-order valence-corrected chi connectivity index (χ1v) is 7.95. The molecule has 0 aliphatic heterocycles. The summed E-state index contributed by atoms with van der Waals surface area (Å²) in [4.78, 5) is 25.2. The van der Waals surface area contributed by atoms with E-state index in [1.54, 1.807) is 0 Å². The van der Waals surface area contributed by atoms with Crippen molar-refractivity contribution in [2.45, 2.75) is 32.2 Å². The van der Waals surface area contributed by atoms with Crippen LogP contribution in [0.25, 0.3) is 0 Å². The van der Waals surface area contributed by atoms with Crippen molar-refractivity contribution in [3.63, 3.8) is 0 Å². The maximum atomic E-state index is 11.7. The second-order valence-electron chi connectivity index (χ2n) is 5.89. The van der Waals surface area contributed by atoms with Crippen LogP contribution < -0.4 is 10.6 Å². The van der Waals surface area contributed by atoms with Gasteiger partial charge in [0.05, 0.1) is 0 Å². The zero-order valence-electron chi connectivity index (χ0n) is 13.2. The van der Waals surface area contributed by atoms with Crippen molar-refractivity contribution >= 4 is 11.9 Å². The molecular formula is C17H25N3O2.